The number of hydrogen-bond acceptors (Lipinski definition) is 6. The van der Waals surface area contributed by atoms with Crippen LogP contribution in [0.25, 0.3) is 10.2 Å². The minimum absolute atomic E-state index is 0.106. The number of morpholine rings is 1. The van der Waals surface area contributed by atoms with Crippen molar-refractivity contribution in [3.8, 4) is 0 Å². The number of aromatic nitrogens is 1. The lowest BCUT2D eigenvalue weighted by Gasteiger charge is -2.26. The Kier molecular flexibility index (Phi) is 5.15. The SMILES string of the molecule is Cc1ccc(S(=O)(=O)N2CCOCC2)cc1C(=O)Nc1nc2ccccc2s1. The van der Waals surface area contributed by atoms with Crippen LogP contribution in [0.1, 0.15) is 15.9 Å². The number of ether oxygens (including phenoxy) is 1. The van der Waals surface area contributed by atoms with Crippen LogP contribution >= 0.6 is 11.3 Å². The van der Waals surface area contributed by atoms with Crippen LogP contribution in [0.3, 0.4) is 0 Å². The fraction of sp³-hybridized carbons (Fsp3) is 0.263. The molecule has 1 fully saturated rings. The monoisotopic (exact) mass is 417 g/mol. The van der Waals surface area contributed by atoms with E-state index in [-0.39, 0.29) is 10.8 Å². The average Bonchev–Trinajstić information content (AvgIpc) is 3.11. The van der Waals surface area contributed by atoms with Crippen LogP contribution in [0.15, 0.2) is 47.4 Å². The summed E-state index contributed by atoms with van der Waals surface area (Å²) in [4.78, 5) is 17.3. The molecule has 2 aromatic carbocycles. The number of carbonyl (C=O) groups excluding carboxylic acids is 1. The number of hydrogen-bond donors (Lipinski definition) is 1. The van der Waals surface area contributed by atoms with Gasteiger partial charge in [0.15, 0.2) is 5.13 Å². The highest BCUT2D eigenvalue weighted by Gasteiger charge is 2.27. The predicted octanol–water partition coefficient (Wildman–Crippen LogP) is 2.88. The zero-order valence-corrected chi connectivity index (χ0v) is 16.8. The lowest BCUT2D eigenvalue weighted by Crippen LogP contribution is -2.40. The summed E-state index contributed by atoms with van der Waals surface area (Å²) in [5.74, 6) is -0.379. The lowest BCUT2D eigenvalue weighted by atomic mass is 10.1. The molecule has 28 heavy (non-hydrogen) atoms. The molecule has 9 heteroatoms. The molecule has 1 aromatic heterocycles. The van der Waals surface area contributed by atoms with Gasteiger partial charge in [0.25, 0.3) is 5.91 Å². The number of benzene rings is 2. The molecular formula is C19H19N3O4S2. The van der Waals surface area contributed by atoms with Crippen molar-refractivity contribution in [2.75, 3.05) is 31.6 Å². The number of rotatable bonds is 4. The van der Waals surface area contributed by atoms with Gasteiger partial charge in [0.1, 0.15) is 0 Å². The van der Waals surface area contributed by atoms with Crippen molar-refractivity contribution in [3.63, 3.8) is 0 Å². The molecule has 0 spiro atoms. The molecule has 1 aliphatic rings. The van der Waals surface area contributed by atoms with Crippen LogP contribution < -0.4 is 5.32 Å². The first-order valence-electron chi connectivity index (χ1n) is 8.80. The van der Waals surface area contributed by atoms with E-state index in [9.17, 15) is 13.2 Å². The maximum atomic E-state index is 12.9. The molecule has 146 valence electrons. The molecule has 0 radical (unpaired) electrons. The van der Waals surface area contributed by atoms with Gasteiger partial charge in [0.05, 0.1) is 28.3 Å². The van der Waals surface area contributed by atoms with Crippen LogP contribution in [0.5, 0.6) is 0 Å². The van der Waals surface area contributed by atoms with E-state index >= 15 is 0 Å². The molecule has 4 rings (SSSR count). The van der Waals surface area contributed by atoms with Gasteiger partial charge in [-0.15, -0.1) is 0 Å². The van der Waals surface area contributed by atoms with Gasteiger partial charge in [0.2, 0.25) is 10.0 Å². The minimum atomic E-state index is -3.67. The molecular weight excluding hydrogens is 398 g/mol. The Bertz CT molecular complexity index is 1100. The number of nitrogens with zero attached hydrogens (tertiary/aromatic N) is 2. The number of sulfonamides is 1. The van der Waals surface area contributed by atoms with Crippen LogP contribution in [-0.4, -0.2) is 49.9 Å². The summed E-state index contributed by atoms with van der Waals surface area (Å²) in [5, 5.41) is 3.27. The molecule has 3 aromatic rings. The van der Waals surface area contributed by atoms with Gasteiger partial charge < -0.3 is 4.74 Å². The molecule has 0 aliphatic carbocycles. The van der Waals surface area contributed by atoms with Crippen LogP contribution in [-0.2, 0) is 14.8 Å². The Labute approximate surface area is 167 Å². The Morgan fingerprint density at radius 2 is 1.93 bits per heavy atom. The van der Waals surface area contributed by atoms with E-state index in [4.69, 9.17) is 4.74 Å². The first-order valence-corrected chi connectivity index (χ1v) is 11.1. The third-order valence-corrected chi connectivity index (χ3v) is 7.42. The van der Waals surface area contributed by atoms with Crippen molar-refractivity contribution < 1.29 is 17.9 Å². The van der Waals surface area contributed by atoms with Crippen LogP contribution in [0, 0.1) is 6.92 Å². The number of anilines is 1. The number of aryl methyl sites for hydroxylation is 1. The Morgan fingerprint density at radius 3 is 2.68 bits per heavy atom. The summed E-state index contributed by atoms with van der Waals surface area (Å²) >= 11 is 1.38. The van der Waals surface area contributed by atoms with Crippen molar-refractivity contribution in [3.05, 3.63) is 53.6 Å². The van der Waals surface area contributed by atoms with Gasteiger partial charge in [-0.1, -0.05) is 29.5 Å². The highest BCUT2D eigenvalue weighted by Crippen LogP contribution is 2.27. The van der Waals surface area contributed by atoms with Crippen LogP contribution in [0.2, 0.25) is 0 Å². The molecule has 0 saturated carbocycles. The maximum absolute atomic E-state index is 12.9. The third-order valence-electron chi connectivity index (χ3n) is 4.58. The number of amides is 1. The molecule has 1 amide bonds. The number of nitrogens with one attached hydrogen (secondary N) is 1. The van der Waals surface area contributed by atoms with E-state index in [1.165, 1.54) is 27.8 Å². The van der Waals surface area contributed by atoms with E-state index in [1.54, 1.807) is 13.0 Å². The van der Waals surface area contributed by atoms with Gasteiger partial charge >= 0.3 is 0 Å². The molecule has 0 unspecified atom stereocenters. The molecule has 0 bridgehead atoms. The number of thiazole rings is 1. The number of carbonyl (C=O) groups is 1. The van der Waals surface area contributed by atoms with Gasteiger partial charge in [-0.05, 0) is 36.8 Å². The molecule has 1 aliphatic heterocycles. The van der Waals surface area contributed by atoms with Crippen molar-refractivity contribution in [2.24, 2.45) is 0 Å². The fourth-order valence-electron chi connectivity index (χ4n) is 3.03. The predicted molar refractivity (Wildman–Crippen MR) is 108 cm³/mol. The largest absolute Gasteiger partial charge is 0.379 e. The first-order chi connectivity index (χ1) is 13.4. The summed E-state index contributed by atoms with van der Waals surface area (Å²) in [6, 6.07) is 12.2. The smallest absolute Gasteiger partial charge is 0.257 e. The Balaban J connectivity index is 1.62. The first kappa shape index (κ1) is 19.0. The third kappa shape index (κ3) is 3.66. The average molecular weight is 418 g/mol. The molecule has 0 atom stereocenters. The van der Waals surface area contributed by atoms with Crippen LogP contribution in [0.4, 0.5) is 5.13 Å². The lowest BCUT2D eigenvalue weighted by molar-refractivity contribution is 0.0730. The zero-order valence-electron chi connectivity index (χ0n) is 15.2. The second kappa shape index (κ2) is 7.59. The van der Waals surface area contributed by atoms with Gasteiger partial charge in [-0.2, -0.15) is 4.31 Å². The van der Waals surface area contributed by atoms with Gasteiger partial charge in [0, 0.05) is 18.7 Å². The van der Waals surface area contributed by atoms with Crippen molar-refractivity contribution in [1.29, 1.82) is 0 Å². The molecule has 2 heterocycles. The Hall–Kier alpha value is -2.33. The standard InChI is InChI=1S/C19H19N3O4S2/c1-13-6-7-14(28(24,25)22-8-10-26-11-9-22)12-15(13)18(23)21-19-20-16-4-2-3-5-17(16)27-19/h2-7,12H,8-11H2,1H3,(H,20,21,23). The minimum Gasteiger partial charge on any atom is -0.379 e. The summed E-state index contributed by atoms with van der Waals surface area (Å²) in [7, 11) is -3.67. The second-order valence-corrected chi connectivity index (χ2v) is 9.40. The van der Waals surface area contributed by atoms with E-state index in [0.717, 1.165) is 10.2 Å². The van der Waals surface area contributed by atoms with Crippen molar-refractivity contribution >= 4 is 42.6 Å². The molecule has 1 saturated heterocycles. The Morgan fingerprint density at radius 1 is 1.18 bits per heavy atom. The van der Waals surface area contributed by atoms with E-state index in [1.807, 2.05) is 24.3 Å². The number of para-hydroxylation sites is 1. The van der Waals surface area contributed by atoms with E-state index in [0.29, 0.717) is 42.6 Å². The summed E-state index contributed by atoms with van der Waals surface area (Å²) < 4.78 is 33.3. The quantitative estimate of drug-likeness (QED) is 0.705. The van der Waals surface area contributed by atoms with E-state index < -0.39 is 10.0 Å². The topological polar surface area (TPSA) is 88.6 Å². The zero-order chi connectivity index (χ0) is 19.7. The number of fused-ring (bicyclic) bond motifs is 1. The van der Waals surface area contributed by atoms with Crippen molar-refractivity contribution in [1.82, 2.24) is 9.29 Å². The van der Waals surface area contributed by atoms with Gasteiger partial charge in [-0.25, -0.2) is 13.4 Å². The molecule has 1 N–H and O–H groups in total. The highest BCUT2D eigenvalue weighted by molar-refractivity contribution is 7.89. The summed E-state index contributed by atoms with van der Waals surface area (Å²) in [5.41, 5.74) is 1.82. The van der Waals surface area contributed by atoms with Crippen molar-refractivity contribution in [2.45, 2.75) is 11.8 Å². The summed E-state index contributed by atoms with van der Waals surface area (Å²) in [6.07, 6.45) is 0. The highest BCUT2D eigenvalue weighted by atomic mass is 32.2. The fourth-order valence-corrected chi connectivity index (χ4v) is 5.33. The second-order valence-electron chi connectivity index (χ2n) is 6.43. The summed E-state index contributed by atoms with van der Waals surface area (Å²) in [6.45, 7) is 3.14. The van der Waals surface area contributed by atoms with Gasteiger partial charge in [-0.3, -0.25) is 10.1 Å². The normalized spacial score (nSPS) is 15.6. The van der Waals surface area contributed by atoms with E-state index in [2.05, 4.69) is 10.3 Å². The maximum Gasteiger partial charge on any atom is 0.257 e. The molecule has 7 nitrogen and oxygen atoms in total.